The van der Waals surface area contributed by atoms with Crippen molar-refractivity contribution in [3.8, 4) is 5.75 Å². The number of hydrogen-bond donors (Lipinski definition) is 0. The molecule has 3 aliphatic rings. The Morgan fingerprint density at radius 2 is 1.70 bits per heavy atom. The molecule has 1 amide bonds. The first-order chi connectivity index (χ1) is 14.8. The van der Waals surface area contributed by atoms with E-state index in [0.29, 0.717) is 6.10 Å². The summed E-state index contributed by atoms with van der Waals surface area (Å²) in [6.45, 7) is 9.69. The van der Waals surface area contributed by atoms with Crippen molar-refractivity contribution in [1.29, 1.82) is 0 Å². The summed E-state index contributed by atoms with van der Waals surface area (Å²) in [7, 11) is 0. The van der Waals surface area contributed by atoms with E-state index in [4.69, 9.17) is 9.47 Å². The van der Waals surface area contributed by atoms with E-state index in [-0.39, 0.29) is 5.91 Å². The highest BCUT2D eigenvalue weighted by molar-refractivity contribution is 5.94. The SMILES string of the molecule is O=C(c1ccc(OCCCN2CCCCC2)cc1)N1CCN(CC2CCCO2)CC1. The summed E-state index contributed by atoms with van der Waals surface area (Å²) < 4.78 is 11.6. The molecule has 0 aliphatic carbocycles. The highest BCUT2D eigenvalue weighted by Crippen LogP contribution is 2.17. The first-order valence-corrected chi connectivity index (χ1v) is 11.9. The van der Waals surface area contributed by atoms with E-state index in [1.807, 2.05) is 29.2 Å². The second-order valence-corrected chi connectivity index (χ2v) is 8.86. The van der Waals surface area contributed by atoms with Gasteiger partial charge in [0.25, 0.3) is 5.91 Å². The number of piperazine rings is 1. The van der Waals surface area contributed by atoms with Gasteiger partial charge in [0.15, 0.2) is 0 Å². The number of carbonyl (C=O) groups is 1. The minimum absolute atomic E-state index is 0.128. The van der Waals surface area contributed by atoms with Crippen LogP contribution in [0.5, 0.6) is 5.75 Å². The lowest BCUT2D eigenvalue weighted by atomic mass is 10.1. The van der Waals surface area contributed by atoms with E-state index in [2.05, 4.69) is 9.80 Å². The Morgan fingerprint density at radius 3 is 2.40 bits per heavy atom. The van der Waals surface area contributed by atoms with Crippen LogP contribution < -0.4 is 4.74 Å². The van der Waals surface area contributed by atoms with Crippen LogP contribution in [-0.2, 0) is 4.74 Å². The molecule has 30 heavy (non-hydrogen) atoms. The molecule has 6 heteroatoms. The minimum atomic E-state index is 0.128. The van der Waals surface area contributed by atoms with Gasteiger partial charge in [-0.3, -0.25) is 9.69 Å². The average molecular weight is 416 g/mol. The van der Waals surface area contributed by atoms with E-state index >= 15 is 0 Å². The third kappa shape index (κ3) is 6.19. The Labute approximate surface area is 181 Å². The Balaban J connectivity index is 1.16. The molecule has 0 bridgehead atoms. The zero-order chi connectivity index (χ0) is 20.6. The third-order valence-corrected chi connectivity index (χ3v) is 6.58. The number of rotatable bonds is 8. The molecule has 0 spiro atoms. The van der Waals surface area contributed by atoms with Crippen molar-refractivity contribution in [2.45, 2.75) is 44.6 Å². The molecule has 1 atom stereocenters. The van der Waals surface area contributed by atoms with Gasteiger partial charge < -0.3 is 19.3 Å². The standard InChI is InChI=1S/C24H37N3O3/c28-24(27-16-14-26(15-17-27)20-23-6-4-18-30-23)21-7-9-22(10-8-21)29-19-5-13-25-11-2-1-3-12-25/h7-10,23H,1-6,11-20H2. The fourth-order valence-corrected chi connectivity index (χ4v) is 4.75. The smallest absolute Gasteiger partial charge is 0.253 e. The first-order valence-electron chi connectivity index (χ1n) is 11.9. The lowest BCUT2D eigenvalue weighted by molar-refractivity contribution is 0.0432. The Kier molecular flexibility index (Phi) is 8.01. The van der Waals surface area contributed by atoms with Crippen LogP contribution in [0.25, 0.3) is 0 Å². The summed E-state index contributed by atoms with van der Waals surface area (Å²) in [4.78, 5) is 19.8. The summed E-state index contributed by atoms with van der Waals surface area (Å²) in [6, 6.07) is 7.67. The first kappa shape index (κ1) is 21.6. The van der Waals surface area contributed by atoms with Gasteiger partial charge in [-0.2, -0.15) is 0 Å². The second kappa shape index (κ2) is 11.1. The molecular formula is C24H37N3O3. The topological polar surface area (TPSA) is 45.2 Å². The van der Waals surface area contributed by atoms with Crippen LogP contribution in [0.1, 0.15) is 48.9 Å². The normalized spacial score (nSPS) is 23.6. The molecule has 0 N–H and O–H groups in total. The average Bonchev–Trinajstić information content (AvgIpc) is 3.31. The molecule has 3 heterocycles. The van der Waals surface area contributed by atoms with Gasteiger partial charge in [-0.05, 0) is 69.5 Å². The van der Waals surface area contributed by atoms with Crippen LogP contribution in [0.2, 0.25) is 0 Å². The van der Waals surface area contributed by atoms with Gasteiger partial charge in [-0.1, -0.05) is 6.42 Å². The molecule has 1 aromatic carbocycles. The molecule has 3 fully saturated rings. The predicted molar refractivity (Wildman–Crippen MR) is 118 cm³/mol. The minimum Gasteiger partial charge on any atom is -0.494 e. The highest BCUT2D eigenvalue weighted by atomic mass is 16.5. The maximum atomic E-state index is 12.8. The van der Waals surface area contributed by atoms with Gasteiger partial charge in [0.05, 0.1) is 12.7 Å². The third-order valence-electron chi connectivity index (χ3n) is 6.58. The van der Waals surface area contributed by atoms with Gasteiger partial charge in [0, 0.05) is 51.4 Å². The summed E-state index contributed by atoms with van der Waals surface area (Å²) >= 11 is 0. The predicted octanol–water partition coefficient (Wildman–Crippen LogP) is 2.88. The Bertz CT molecular complexity index is 646. The molecule has 1 unspecified atom stereocenters. The largest absolute Gasteiger partial charge is 0.494 e. The molecule has 4 rings (SSSR count). The van der Waals surface area contributed by atoms with Crippen LogP contribution in [0.15, 0.2) is 24.3 Å². The van der Waals surface area contributed by atoms with Gasteiger partial charge in [0.1, 0.15) is 5.75 Å². The van der Waals surface area contributed by atoms with E-state index < -0.39 is 0 Å². The Morgan fingerprint density at radius 1 is 0.933 bits per heavy atom. The summed E-state index contributed by atoms with van der Waals surface area (Å²) in [5.74, 6) is 0.981. The van der Waals surface area contributed by atoms with Crippen LogP contribution >= 0.6 is 0 Å². The van der Waals surface area contributed by atoms with Crippen LogP contribution in [-0.4, -0.2) is 92.3 Å². The van der Waals surface area contributed by atoms with Crippen molar-refractivity contribution in [2.75, 3.05) is 65.6 Å². The fraction of sp³-hybridized carbons (Fsp3) is 0.708. The molecule has 0 radical (unpaired) electrons. The number of likely N-dealkylation sites (tertiary alicyclic amines) is 1. The molecule has 1 aromatic rings. The van der Waals surface area contributed by atoms with Crippen molar-refractivity contribution in [3.05, 3.63) is 29.8 Å². The van der Waals surface area contributed by atoms with Crippen molar-refractivity contribution in [2.24, 2.45) is 0 Å². The van der Waals surface area contributed by atoms with Crippen LogP contribution in [0, 0.1) is 0 Å². The number of benzene rings is 1. The highest BCUT2D eigenvalue weighted by Gasteiger charge is 2.25. The van der Waals surface area contributed by atoms with Crippen molar-refractivity contribution < 1.29 is 14.3 Å². The van der Waals surface area contributed by atoms with E-state index in [0.717, 1.165) is 70.2 Å². The van der Waals surface area contributed by atoms with Crippen molar-refractivity contribution in [3.63, 3.8) is 0 Å². The molecule has 0 saturated carbocycles. The number of carbonyl (C=O) groups excluding carboxylic acids is 1. The van der Waals surface area contributed by atoms with E-state index in [9.17, 15) is 4.79 Å². The van der Waals surface area contributed by atoms with Crippen LogP contribution in [0.4, 0.5) is 0 Å². The number of ether oxygens (including phenoxy) is 2. The number of amides is 1. The molecular weight excluding hydrogens is 378 g/mol. The number of piperidine rings is 1. The lowest BCUT2D eigenvalue weighted by Crippen LogP contribution is -2.50. The zero-order valence-electron chi connectivity index (χ0n) is 18.3. The molecule has 166 valence electrons. The maximum Gasteiger partial charge on any atom is 0.253 e. The number of nitrogens with zero attached hydrogens (tertiary/aromatic N) is 3. The van der Waals surface area contributed by atoms with E-state index in [1.165, 1.54) is 45.2 Å². The molecule has 0 aromatic heterocycles. The summed E-state index contributed by atoms with van der Waals surface area (Å²) in [5, 5.41) is 0. The summed E-state index contributed by atoms with van der Waals surface area (Å²) in [5.41, 5.74) is 0.753. The lowest BCUT2D eigenvalue weighted by Gasteiger charge is -2.35. The molecule has 6 nitrogen and oxygen atoms in total. The van der Waals surface area contributed by atoms with Gasteiger partial charge in [0.2, 0.25) is 0 Å². The number of hydrogen-bond acceptors (Lipinski definition) is 5. The fourth-order valence-electron chi connectivity index (χ4n) is 4.75. The molecule has 3 aliphatic heterocycles. The second-order valence-electron chi connectivity index (χ2n) is 8.86. The quantitative estimate of drug-likeness (QED) is 0.611. The van der Waals surface area contributed by atoms with Crippen LogP contribution in [0.3, 0.4) is 0 Å². The molecule has 3 saturated heterocycles. The monoisotopic (exact) mass is 415 g/mol. The summed E-state index contributed by atoms with van der Waals surface area (Å²) in [6.07, 6.45) is 7.84. The maximum absolute atomic E-state index is 12.8. The van der Waals surface area contributed by atoms with E-state index in [1.54, 1.807) is 0 Å². The zero-order valence-corrected chi connectivity index (χ0v) is 18.3. The van der Waals surface area contributed by atoms with Gasteiger partial charge in [-0.15, -0.1) is 0 Å². The van der Waals surface area contributed by atoms with Gasteiger partial charge in [-0.25, -0.2) is 0 Å². The Hall–Kier alpha value is -1.63. The van der Waals surface area contributed by atoms with Crippen molar-refractivity contribution >= 4 is 5.91 Å². The van der Waals surface area contributed by atoms with Crippen molar-refractivity contribution in [1.82, 2.24) is 14.7 Å². The van der Waals surface area contributed by atoms with Gasteiger partial charge >= 0.3 is 0 Å².